The molecule has 0 unspecified atom stereocenters. The lowest BCUT2D eigenvalue weighted by Gasteiger charge is -2.36. The average molecular weight is 806 g/mol. The van der Waals surface area contributed by atoms with E-state index in [2.05, 4.69) is 56.2 Å². The number of hydrogen-bond donors (Lipinski definition) is 0. The first-order valence-corrected chi connectivity index (χ1v) is 19.6. The van der Waals surface area contributed by atoms with Crippen molar-refractivity contribution in [2.45, 2.75) is 101 Å². The smallest absolute Gasteiger partial charge is 0.410 e. The third-order valence-corrected chi connectivity index (χ3v) is 7.97. The van der Waals surface area contributed by atoms with Crippen LogP contribution >= 0.6 is 0 Å². The standard InChI is InChI=1S/C40H71N5O6.2CO2/c1-37(2,3)31-44(32-38(4,5)6)23-21-42-19-18-41(24-26-45(27-25-42)36(48)49-30-33-16-14-13-15-17-33)20-22-43(28-34(46)50-39(7,8)9)29-35(47)51-40(10,11)12;2*2-1-3/h13-17H,18-32H2,1-12H3;;. The van der Waals surface area contributed by atoms with E-state index in [-0.39, 0.29) is 60.9 Å². The van der Waals surface area contributed by atoms with Gasteiger partial charge in [0.25, 0.3) is 0 Å². The van der Waals surface area contributed by atoms with Crippen LogP contribution in [0.1, 0.15) is 88.6 Å². The predicted molar refractivity (Wildman–Crippen MR) is 215 cm³/mol. The number of rotatable bonds is 14. The lowest BCUT2D eigenvalue weighted by atomic mass is 9.92. The van der Waals surface area contributed by atoms with Crippen LogP contribution in [0.5, 0.6) is 0 Å². The molecule has 0 aliphatic carbocycles. The van der Waals surface area contributed by atoms with Gasteiger partial charge in [0.15, 0.2) is 0 Å². The SMILES string of the molecule is CC(C)(C)CN(CCN1CCN(CCN(CC(=O)OC(C)(C)C)CC(=O)OC(C)(C)C)CCN(C(=O)OCc2ccccc2)CC1)CC(C)(C)C.O=C=O.O=C=O. The Bertz CT molecular complexity index is 1330. The van der Waals surface area contributed by atoms with Gasteiger partial charge < -0.3 is 24.0 Å². The van der Waals surface area contributed by atoms with Crippen LogP contribution in [-0.2, 0) is 49.6 Å². The highest BCUT2D eigenvalue weighted by Crippen LogP contribution is 2.21. The molecule has 0 atom stereocenters. The van der Waals surface area contributed by atoms with Crippen molar-refractivity contribution in [3.8, 4) is 0 Å². The molecule has 1 aromatic rings. The summed E-state index contributed by atoms with van der Waals surface area (Å²) in [5, 5.41) is 0. The maximum atomic E-state index is 13.4. The summed E-state index contributed by atoms with van der Waals surface area (Å²) in [6, 6.07) is 9.74. The average Bonchev–Trinajstić information content (AvgIpc) is 3.14. The maximum Gasteiger partial charge on any atom is 0.410 e. The van der Waals surface area contributed by atoms with Crippen molar-refractivity contribution < 1.29 is 47.8 Å². The molecule has 0 saturated carbocycles. The number of esters is 2. The van der Waals surface area contributed by atoms with E-state index in [1.54, 1.807) is 4.90 Å². The predicted octanol–water partition coefficient (Wildman–Crippen LogP) is 4.46. The minimum Gasteiger partial charge on any atom is -0.459 e. The van der Waals surface area contributed by atoms with Crippen LogP contribution in [0.15, 0.2) is 30.3 Å². The van der Waals surface area contributed by atoms with Crippen LogP contribution in [0.4, 0.5) is 4.79 Å². The summed E-state index contributed by atoms with van der Waals surface area (Å²) in [5.74, 6) is -0.770. The van der Waals surface area contributed by atoms with Crippen LogP contribution in [0, 0.1) is 10.8 Å². The largest absolute Gasteiger partial charge is 0.459 e. The summed E-state index contributed by atoms with van der Waals surface area (Å²) in [6.07, 6.45) is 0.180. The van der Waals surface area contributed by atoms with Crippen molar-refractivity contribution in [3.63, 3.8) is 0 Å². The Morgan fingerprint density at radius 1 is 0.596 bits per heavy atom. The van der Waals surface area contributed by atoms with Gasteiger partial charge in [-0.25, -0.2) is 4.79 Å². The van der Waals surface area contributed by atoms with E-state index in [0.29, 0.717) is 32.7 Å². The molecule has 1 fully saturated rings. The highest BCUT2D eigenvalue weighted by atomic mass is 16.6. The lowest BCUT2D eigenvalue weighted by Crippen LogP contribution is -2.46. The van der Waals surface area contributed by atoms with E-state index in [4.69, 9.17) is 33.4 Å². The molecule has 2 rings (SSSR count). The van der Waals surface area contributed by atoms with Crippen molar-refractivity contribution in [2.24, 2.45) is 10.8 Å². The summed E-state index contributed by atoms with van der Waals surface area (Å²) in [7, 11) is 0. The van der Waals surface area contributed by atoms with Crippen molar-refractivity contribution in [1.29, 1.82) is 0 Å². The molecule has 0 radical (unpaired) electrons. The molecule has 57 heavy (non-hydrogen) atoms. The molecule has 15 nitrogen and oxygen atoms in total. The van der Waals surface area contributed by atoms with Crippen molar-refractivity contribution >= 4 is 30.3 Å². The molecule has 0 N–H and O–H groups in total. The van der Waals surface area contributed by atoms with Crippen molar-refractivity contribution in [2.75, 3.05) is 91.6 Å². The fourth-order valence-electron chi connectivity index (χ4n) is 6.03. The Morgan fingerprint density at radius 2 is 0.965 bits per heavy atom. The summed E-state index contributed by atoms with van der Waals surface area (Å²) >= 11 is 0. The number of benzene rings is 1. The topological polar surface area (TPSA) is 163 Å². The Labute approximate surface area is 341 Å². The minimum absolute atomic E-state index is 0.0220. The van der Waals surface area contributed by atoms with E-state index in [0.717, 1.165) is 51.4 Å². The van der Waals surface area contributed by atoms with Gasteiger partial charge in [0.2, 0.25) is 0 Å². The molecule has 324 valence electrons. The van der Waals surface area contributed by atoms with Crippen LogP contribution in [0.3, 0.4) is 0 Å². The fourth-order valence-corrected chi connectivity index (χ4v) is 6.03. The first-order valence-electron chi connectivity index (χ1n) is 19.6. The Kier molecular flexibility index (Phi) is 24.3. The van der Waals surface area contributed by atoms with E-state index >= 15 is 0 Å². The van der Waals surface area contributed by atoms with E-state index in [9.17, 15) is 14.4 Å². The summed E-state index contributed by atoms with van der Waals surface area (Å²) in [5.41, 5.74) is 0.0473. The highest BCUT2D eigenvalue weighted by molar-refractivity contribution is 5.75. The molecule has 1 aromatic carbocycles. The number of carbonyl (C=O) groups excluding carboxylic acids is 7. The molecule has 1 heterocycles. The van der Waals surface area contributed by atoms with E-state index in [1.807, 2.05) is 76.8 Å². The Morgan fingerprint density at radius 3 is 1.33 bits per heavy atom. The number of nitrogens with zero attached hydrogens (tertiary/aromatic N) is 5. The minimum atomic E-state index is -0.632. The Balaban J connectivity index is 0.00000489. The third kappa shape index (κ3) is 29.9. The summed E-state index contributed by atoms with van der Waals surface area (Å²) < 4.78 is 17.0. The number of hydrogen-bond acceptors (Lipinski definition) is 14. The zero-order valence-electron chi connectivity index (χ0n) is 36.8. The zero-order chi connectivity index (χ0) is 43.9. The lowest BCUT2D eigenvalue weighted by molar-refractivity contribution is -0.193. The summed E-state index contributed by atoms with van der Waals surface area (Å²) in [4.78, 5) is 82.6. The Hall–Kier alpha value is -3.97. The van der Waals surface area contributed by atoms with Gasteiger partial charge >= 0.3 is 30.3 Å². The second kappa shape index (κ2) is 26.1. The molecule has 1 aliphatic heterocycles. The second-order valence-corrected chi connectivity index (χ2v) is 18.6. The third-order valence-electron chi connectivity index (χ3n) is 7.97. The van der Waals surface area contributed by atoms with Gasteiger partial charge in [-0.05, 0) is 57.9 Å². The number of ether oxygens (including phenoxy) is 3. The molecular weight excluding hydrogens is 734 g/mol. The molecule has 0 spiro atoms. The molecule has 0 aromatic heterocycles. The molecule has 1 saturated heterocycles. The molecule has 1 amide bonds. The first-order chi connectivity index (χ1) is 26.3. The van der Waals surface area contributed by atoms with Crippen molar-refractivity contribution in [3.05, 3.63) is 35.9 Å². The number of amides is 1. The highest BCUT2D eigenvalue weighted by Gasteiger charge is 2.27. The second-order valence-electron chi connectivity index (χ2n) is 18.6. The number of carbonyl (C=O) groups is 3. The van der Waals surface area contributed by atoms with Crippen LogP contribution < -0.4 is 0 Å². The normalized spacial score (nSPS) is 14.7. The van der Waals surface area contributed by atoms with Crippen molar-refractivity contribution in [1.82, 2.24) is 24.5 Å². The molecule has 15 heteroatoms. The molecule has 1 aliphatic rings. The van der Waals surface area contributed by atoms with E-state index in [1.165, 1.54) is 0 Å². The molecule has 0 bridgehead atoms. The first kappa shape index (κ1) is 53.0. The summed E-state index contributed by atoms with van der Waals surface area (Å²) in [6.45, 7) is 33.9. The maximum absolute atomic E-state index is 13.4. The van der Waals surface area contributed by atoms with Crippen LogP contribution in [0.25, 0.3) is 0 Å². The quantitative estimate of drug-likeness (QED) is 0.191. The fraction of sp³-hybridized carbons (Fsp3) is 0.738. The van der Waals surface area contributed by atoms with E-state index < -0.39 is 11.2 Å². The monoisotopic (exact) mass is 806 g/mol. The van der Waals surface area contributed by atoms with Gasteiger partial charge in [-0.2, -0.15) is 19.2 Å². The molecular formula is C42H71N5O10. The van der Waals surface area contributed by atoms with Gasteiger partial charge in [-0.3, -0.25) is 24.3 Å². The van der Waals surface area contributed by atoms with Crippen LogP contribution in [0.2, 0.25) is 0 Å². The zero-order valence-corrected chi connectivity index (χ0v) is 36.8. The van der Waals surface area contributed by atoms with Crippen LogP contribution in [-0.4, -0.2) is 158 Å². The van der Waals surface area contributed by atoms with Gasteiger partial charge in [-0.1, -0.05) is 71.9 Å². The van der Waals surface area contributed by atoms with Gasteiger partial charge in [-0.15, -0.1) is 0 Å². The van der Waals surface area contributed by atoms with Gasteiger partial charge in [0, 0.05) is 78.5 Å². The van der Waals surface area contributed by atoms with Gasteiger partial charge in [0.1, 0.15) is 17.8 Å². The van der Waals surface area contributed by atoms with Gasteiger partial charge in [0.05, 0.1) is 13.1 Å².